The van der Waals surface area contributed by atoms with Crippen molar-refractivity contribution in [2.75, 3.05) is 30.3 Å². The first-order chi connectivity index (χ1) is 20.9. The number of rotatable bonds is 7. The minimum atomic E-state index is -0.648. The van der Waals surface area contributed by atoms with Gasteiger partial charge in [-0.05, 0) is 61.2 Å². The van der Waals surface area contributed by atoms with Crippen molar-refractivity contribution in [3.05, 3.63) is 101 Å². The summed E-state index contributed by atoms with van der Waals surface area (Å²) in [5, 5.41) is 15.7. The average Bonchev–Trinajstić information content (AvgIpc) is 3.47. The Hall–Kier alpha value is -5.69. The first kappa shape index (κ1) is 28.8. The zero-order chi connectivity index (χ0) is 30.3. The molecule has 0 radical (unpaired) electrons. The molecule has 10 heteroatoms. The number of carbonyl (C=O) groups is 4. The molecule has 0 aliphatic carbocycles. The number of nitrogens with one attached hydrogen (secondary N) is 3. The van der Waals surface area contributed by atoms with Crippen molar-refractivity contribution in [2.45, 2.75) is 19.8 Å². The molecule has 2 heterocycles. The molecule has 0 spiro atoms. The van der Waals surface area contributed by atoms with E-state index in [9.17, 15) is 24.4 Å². The van der Waals surface area contributed by atoms with Crippen LogP contribution in [0.3, 0.4) is 0 Å². The summed E-state index contributed by atoms with van der Waals surface area (Å²) in [5.41, 5.74) is 4.41. The normalized spacial score (nSPS) is 12.7. The number of aromatic amines is 1. The van der Waals surface area contributed by atoms with E-state index >= 15 is 0 Å². The third-order valence-corrected chi connectivity index (χ3v) is 7.24. The van der Waals surface area contributed by atoms with Crippen molar-refractivity contribution >= 4 is 51.5 Å². The number of aromatic nitrogens is 1. The van der Waals surface area contributed by atoms with Crippen LogP contribution in [0, 0.1) is 11.3 Å². The van der Waals surface area contributed by atoms with Gasteiger partial charge in [0.2, 0.25) is 0 Å². The predicted molar refractivity (Wildman–Crippen MR) is 162 cm³/mol. The minimum Gasteiger partial charge on any atom is -0.462 e. The number of hydrogen-bond acceptors (Lipinski definition) is 6. The predicted octanol–water partition coefficient (Wildman–Crippen LogP) is 5.77. The fraction of sp³-hybridized carbons (Fsp3) is 0.182. The molecule has 216 valence electrons. The first-order valence-corrected chi connectivity index (χ1v) is 13.9. The van der Waals surface area contributed by atoms with E-state index in [2.05, 4.69) is 21.7 Å². The highest BCUT2D eigenvalue weighted by atomic mass is 16.5. The van der Waals surface area contributed by atoms with Crippen molar-refractivity contribution in [1.82, 2.24) is 9.88 Å². The number of carbonyl (C=O) groups excluding carboxylic acids is 4. The molecule has 1 aliphatic heterocycles. The summed E-state index contributed by atoms with van der Waals surface area (Å²) >= 11 is 0. The molecule has 5 rings (SSSR count). The minimum absolute atomic E-state index is 0.210. The van der Waals surface area contributed by atoms with E-state index in [0.717, 1.165) is 11.1 Å². The van der Waals surface area contributed by atoms with Crippen molar-refractivity contribution in [1.29, 1.82) is 5.26 Å². The molecule has 3 amide bonds. The molecular formula is C33H29N5O5. The van der Waals surface area contributed by atoms with Crippen LogP contribution in [0.25, 0.3) is 16.5 Å². The highest BCUT2D eigenvalue weighted by Crippen LogP contribution is 2.29. The molecule has 4 aromatic rings. The quantitative estimate of drug-likeness (QED) is 0.110. The summed E-state index contributed by atoms with van der Waals surface area (Å²) in [4.78, 5) is 55.6. The zero-order valence-corrected chi connectivity index (χ0v) is 23.5. The zero-order valence-electron chi connectivity index (χ0n) is 23.5. The summed E-state index contributed by atoms with van der Waals surface area (Å²) in [7, 11) is 0. The molecule has 0 atom stereocenters. The molecule has 1 aliphatic rings. The number of nitriles is 1. The number of nitrogens with zero attached hydrogens (tertiary/aromatic N) is 2. The van der Waals surface area contributed by atoms with E-state index in [1.165, 1.54) is 11.1 Å². The SMILES string of the molecule is CCOC(=O)c1ccc(NC(=O)Nc2cccc3c(C(=O)C(=O)N4CCC(=C(C#N)c5ccccc5)CC4)c[nH]c23)cc1. The largest absolute Gasteiger partial charge is 0.462 e. The maximum absolute atomic E-state index is 13.3. The van der Waals surface area contributed by atoms with Crippen molar-refractivity contribution in [3.8, 4) is 6.07 Å². The Morgan fingerprint density at radius 1 is 0.907 bits per heavy atom. The first-order valence-electron chi connectivity index (χ1n) is 13.9. The summed E-state index contributed by atoms with van der Waals surface area (Å²) in [6, 6.07) is 22.6. The summed E-state index contributed by atoms with van der Waals surface area (Å²) < 4.78 is 4.97. The monoisotopic (exact) mass is 575 g/mol. The molecule has 3 N–H and O–H groups in total. The van der Waals surface area contributed by atoms with Crippen LogP contribution in [0.4, 0.5) is 16.2 Å². The standard InChI is InChI=1S/C33H29N5O5/c1-2-43-32(41)23-11-13-24(14-12-23)36-33(42)37-28-10-6-9-25-27(20-35-29(25)28)30(39)31(40)38-17-15-22(16-18-38)26(19-34)21-7-4-3-5-8-21/h3-14,20,35H,2,15-18H2,1H3,(H2,36,37,42). The third-order valence-electron chi connectivity index (χ3n) is 7.24. The van der Waals surface area contributed by atoms with Gasteiger partial charge in [-0.3, -0.25) is 9.59 Å². The molecule has 1 aromatic heterocycles. The van der Waals surface area contributed by atoms with Gasteiger partial charge in [0.15, 0.2) is 0 Å². The summed E-state index contributed by atoms with van der Waals surface area (Å²) in [6.07, 6.45) is 2.50. The Labute approximate surface area is 247 Å². The second-order valence-corrected chi connectivity index (χ2v) is 9.89. The van der Waals surface area contributed by atoms with Crippen LogP contribution in [0.15, 0.2) is 84.6 Å². The number of hydrogen-bond donors (Lipinski definition) is 3. The van der Waals surface area contributed by atoms with Gasteiger partial charge in [-0.15, -0.1) is 0 Å². The van der Waals surface area contributed by atoms with E-state index in [1.54, 1.807) is 49.4 Å². The fourth-order valence-electron chi connectivity index (χ4n) is 5.08. The van der Waals surface area contributed by atoms with Crippen LogP contribution in [0.5, 0.6) is 0 Å². The molecule has 0 bridgehead atoms. The van der Waals surface area contributed by atoms with E-state index in [1.807, 2.05) is 30.3 Å². The van der Waals surface area contributed by atoms with E-state index < -0.39 is 23.7 Å². The second kappa shape index (κ2) is 12.9. The number of urea groups is 1. The second-order valence-electron chi connectivity index (χ2n) is 9.89. The number of fused-ring (bicyclic) bond motifs is 1. The van der Waals surface area contributed by atoms with E-state index in [4.69, 9.17) is 4.74 Å². The van der Waals surface area contributed by atoms with Crippen LogP contribution in [-0.2, 0) is 9.53 Å². The number of amides is 3. The maximum Gasteiger partial charge on any atom is 0.338 e. The number of Topliss-reactive ketones (excluding diaryl/α,β-unsaturated/α-hetero) is 1. The van der Waals surface area contributed by atoms with Crippen LogP contribution in [-0.4, -0.2) is 53.3 Å². The van der Waals surface area contributed by atoms with Gasteiger partial charge in [-0.2, -0.15) is 5.26 Å². The summed E-state index contributed by atoms with van der Waals surface area (Å²) in [5.74, 6) is -1.70. The molecule has 1 fully saturated rings. The number of benzene rings is 3. The molecular weight excluding hydrogens is 546 g/mol. The third kappa shape index (κ3) is 6.31. The smallest absolute Gasteiger partial charge is 0.338 e. The highest BCUT2D eigenvalue weighted by Gasteiger charge is 2.29. The number of para-hydroxylation sites is 1. The number of H-pyrrole nitrogens is 1. The number of allylic oxidation sites excluding steroid dienone is 1. The number of anilines is 2. The molecule has 0 saturated carbocycles. The van der Waals surface area contributed by atoms with Gasteiger partial charge in [0.1, 0.15) is 0 Å². The lowest BCUT2D eigenvalue weighted by atomic mass is 9.93. The lowest BCUT2D eigenvalue weighted by Crippen LogP contribution is -2.40. The van der Waals surface area contributed by atoms with Gasteiger partial charge >= 0.3 is 12.0 Å². The number of ether oxygens (including phenoxy) is 1. The molecule has 43 heavy (non-hydrogen) atoms. The van der Waals surface area contributed by atoms with Gasteiger partial charge in [0, 0.05) is 30.4 Å². The van der Waals surface area contributed by atoms with E-state index in [0.29, 0.717) is 59.3 Å². The average molecular weight is 576 g/mol. The molecule has 3 aromatic carbocycles. The lowest BCUT2D eigenvalue weighted by Gasteiger charge is -2.28. The topological polar surface area (TPSA) is 144 Å². The van der Waals surface area contributed by atoms with Crippen molar-refractivity contribution < 1.29 is 23.9 Å². The Morgan fingerprint density at radius 3 is 2.30 bits per heavy atom. The molecule has 0 unspecified atom stereocenters. The van der Waals surface area contributed by atoms with Gasteiger partial charge in [0.25, 0.3) is 11.7 Å². The number of piperidine rings is 1. The van der Waals surface area contributed by atoms with Gasteiger partial charge in [-0.1, -0.05) is 42.5 Å². The van der Waals surface area contributed by atoms with Gasteiger partial charge in [-0.25, -0.2) is 9.59 Å². The number of likely N-dealkylation sites (tertiary alicyclic amines) is 1. The van der Waals surface area contributed by atoms with Crippen LogP contribution in [0.2, 0.25) is 0 Å². The van der Waals surface area contributed by atoms with Crippen LogP contribution in [0.1, 0.15) is 46.0 Å². The Bertz CT molecular complexity index is 1760. The number of ketones is 1. The Balaban J connectivity index is 1.25. The van der Waals surface area contributed by atoms with Crippen LogP contribution < -0.4 is 10.6 Å². The van der Waals surface area contributed by atoms with Crippen molar-refractivity contribution in [2.24, 2.45) is 0 Å². The molecule has 10 nitrogen and oxygen atoms in total. The van der Waals surface area contributed by atoms with Gasteiger partial charge in [0.05, 0.1) is 40.6 Å². The Morgan fingerprint density at radius 2 is 1.63 bits per heavy atom. The molecule has 1 saturated heterocycles. The number of esters is 1. The van der Waals surface area contributed by atoms with Crippen LogP contribution >= 0.6 is 0 Å². The Kier molecular flexibility index (Phi) is 8.63. The lowest BCUT2D eigenvalue weighted by molar-refractivity contribution is -0.126. The van der Waals surface area contributed by atoms with E-state index in [-0.39, 0.29) is 12.2 Å². The fourth-order valence-corrected chi connectivity index (χ4v) is 5.08. The van der Waals surface area contributed by atoms with Crippen molar-refractivity contribution in [3.63, 3.8) is 0 Å². The van der Waals surface area contributed by atoms with Gasteiger partial charge < -0.3 is 25.3 Å². The maximum atomic E-state index is 13.3. The highest BCUT2D eigenvalue weighted by molar-refractivity contribution is 6.45. The summed E-state index contributed by atoms with van der Waals surface area (Å²) in [6.45, 7) is 2.67.